The Labute approximate surface area is 145 Å². The molecule has 1 saturated carbocycles. The highest BCUT2D eigenvalue weighted by molar-refractivity contribution is 5.98. The zero-order valence-corrected chi connectivity index (χ0v) is 14.1. The second kappa shape index (κ2) is 6.23. The molecule has 3 aromatic rings. The molecule has 0 aliphatic heterocycles. The second-order valence-electron chi connectivity index (χ2n) is 6.36. The Morgan fingerprint density at radius 2 is 2.08 bits per heavy atom. The summed E-state index contributed by atoms with van der Waals surface area (Å²) in [7, 11) is 0. The summed E-state index contributed by atoms with van der Waals surface area (Å²) in [5.74, 6) is 2.10. The van der Waals surface area contributed by atoms with E-state index in [9.17, 15) is 5.11 Å². The van der Waals surface area contributed by atoms with Crippen LogP contribution in [0.1, 0.15) is 44.3 Å². The van der Waals surface area contributed by atoms with Crippen LogP contribution in [-0.2, 0) is 0 Å². The molecule has 7 nitrogen and oxygen atoms in total. The van der Waals surface area contributed by atoms with Crippen molar-refractivity contribution >= 4 is 16.9 Å². The van der Waals surface area contributed by atoms with Gasteiger partial charge in [0.15, 0.2) is 17.1 Å². The van der Waals surface area contributed by atoms with Crippen LogP contribution in [0.5, 0.6) is 11.5 Å². The maximum absolute atomic E-state index is 10.1. The van der Waals surface area contributed by atoms with Gasteiger partial charge in [0.1, 0.15) is 11.6 Å². The Balaban J connectivity index is 1.77. The Morgan fingerprint density at radius 3 is 2.80 bits per heavy atom. The summed E-state index contributed by atoms with van der Waals surface area (Å²) in [5.41, 5.74) is 8.25. The third-order valence-corrected chi connectivity index (χ3v) is 4.73. The molecule has 2 heterocycles. The highest BCUT2D eigenvalue weighted by Crippen LogP contribution is 2.37. The van der Waals surface area contributed by atoms with Gasteiger partial charge in [0.25, 0.3) is 0 Å². The number of anilines is 1. The van der Waals surface area contributed by atoms with E-state index in [4.69, 9.17) is 10.5 Å². The molecule has 1 aliphatic carbocycles. The molecule has 1 aromatic carbocycles. The largest absolute Gasteiger partial charge is 0.504 e. The number of nitrogens with two attached hydrogens (primary N) is 1. The number of benzene rings is 1. The van der Waals surface area contributed by atoms with Gasteiger partial charge in [0.05, 0.1) is 17.7 Å². The average molecular weight is 339 g/mol. The number of aromatic hydroxyl groups is 1. The predicted octanol–water partition coefficient (Wildman–Crippen LogP) is 3.36. The Hall–Kier alpha value is -2.83. The van der Waals surface area contributed by atoms with Gasteiger partial charge in [0.2, 0.25) is 0 Å². The number of nitrogens with one attached hydrogen (secondary N) is 1. The standard InChI is InChI=1S/C18H21N5O2/c1-2-25-13-8-7-11(9-12(13)24)15-14-16(19)20-17(10-5-3-4-6-10)21-18(14)23-22-15/h7-10,24H,2-6H2,1H3,(H3,19,20,21,22,23). The predicted molar refractivity (Wildman–Crippen MR) is 95.6 cm³/mol. The van der Waals surface area contributed by atoms with Gasteiger partial charge < -0.3 is 15.6 Å². The molecule has 0 unspecified atom stereocenters. The second-order valence-corrected chi connectivity index (χ2v) is 6.36. The third-order valence-electron chi connectivity index (χ3n) is 4.73. The van der Waals surface area contributed by atoms with Crippen LogP contribution in [0.15, 0.2) is 18.2 Å². The van der Waals surface area contributed by atoms with Gasteiger partial charge in [0, 0.05) is 11.5 Å². The highest BCUT2D eigenvalue weighted by Gasteiger charge is 2.23. The van der Waals surface area contributed by atoms with E-state index in [0.717, 1.165) is 24.2 Å². The number of phenolic OH excluding ortho intramolecular Hbond substituents is 1. The van der Waals surface area contributed by atoms with E-state index in [1.165, 1.54) is 12.8 Å². The molecule has 25 heavy (non-hydrogen) atoms. The van der Waals surface area contributed by atoms with Crippen LogP contribution in [0.2, 0.25) is 0 Å². The minimum Gasteiger partial charge on any atom is -0.504 e. The first-order valence-corrected chi connectivity index (χ1v) is 8.65. The minimum absolute atomic E-state index is 0.0733. The molecular weight excluding hydrogens is 318 g/mol. The number of nitrogens with zero attached hydrogens (tertiary/aromatic N) is 3. The molecule has 0 saturated heterocycles. The highest BCUT2D eigenvalue weighted by atomic mass is 16.5. The summed E-state index contributed by atoms with van der Waals surface area (Å²) in [6, 6.07) is 5.20. The minimum atomic E-state index is 0.0733. The maximum atomic E-state index is 10.1. The molecular formula is C18H21N5O2. The maximum Gasteiger partial charge on any atom is 0.187 e. The molecule has 1 aliphatic rings. The van der Waals surface area contributed by atoms with E-state index in [1.54, 1.807) is 12.1 Å². The molecule has 0 amide bonds. The summed E-state index contributed by atoms with van der Waals surface area (Å²) >= 11 is 0. The Bertz CT molecular complexity index is 915. The summed E-state index contributed by atoms with van der Waals surface area (Å²) in [6.45, 7) is 2.36. The smallest absolute Gasteiger partial charge is 0.187 e. The Morgan fingerprint density at radius 1 is 1.28 bits per heavy atom. The van der Waals surface area contributed by atoms with E-state index >= 15 is 0 Å². The van der Waals surface area contributed by atoms with Crippen LogP contribution in [0.25, 0.3) is 22.3 Å². The Kier molecular flexibility index (Phi) is 3.91. The SMILES string of the molecule is CCOc1ccc(-c2[nH]nc3nc(C4CCCC4)nc(N)c23)cc1O. The van der Waals surface area contributed by atoms with Crippen LogP contribution in [0.4, 0.5) is 5.82 Å². The lowest BCUT2D eigenvalue weighted by molar-refractivity contribution is 0.318. The number of nitrogen functional groups attached to an aromatic ring is 1. The molecule has 130 valence electrons. The van der Waals surface area contributed by atoms with Gasteiger partial charge in [-0.1, -0.05) is 12.8 Å². The molecule has 0 radical (unpaired) electrons. The number of aromatic nitrogens is 4. The fourth-order valence-electron chi connectivity index (χ4n) is 3.49. The van der Waals surface area contributed by atoms with Crippen LogP contribution < -0.4 is 10.5 Å². The third kappa shape index (κ3) is 2.75. The number of fused-ring (bicyclic) bond motifs is 1. The van der Waals surface area contributed by atoms with Crippen molar-refractivity contribution in [1.82, 2.24) is 20.2 Å². The molecule has 1 fully saturated rings. The van der Waals surface area contributed by atoms with Crippen molar-refractivity contribution < 1.29 is 9.84 Å². The molecule has 0 bridgehead atoms. The van der Waals surface area contributed by atoms with Crippen molar-refractivity contribution in [3.05, 3.63) is 24.0 Å². The monoisotopic (exact) mass is 339 g/mol. The molecule has 7 heteroatoms. The average Bonchev–Trinajstić information content (AvgIpc) is 3.26. The first kappa shape index (κ1) is 15.7. The number of phenols is 1. The first-order valence-electron chi connectivity index (χ1n) is 8.65. The summed E-state index contributed by atoms with van der Waals surface area (Å²) in [5, 5.41) is 18.1. The van der Waals surface area contributed by atoms with Gasteiger partial charge in [-0.15, -0.1) is 0 Å². The van der Waals surface area contributed by atoms with Crippen molar-refractivity contribution in [2.24, 2.45) is 0 Å². The molecule has 2 aromatic heterocycles. The number of ether oxygens (including phenoxy) is 1. The topological polar surface area (TPSA) is 110 Å². The lowest BCUT2D eigenvalue weighted by atomic mass is 10.1. The van der Waals surface area contributed by atoms with Crippen molar-refractivity contribution in [3.63, 3.8) is 0 Å². The van der Waals surface area contributed by atoms with Crippen molar-refractivity contribution in [3.8, 4) is 22.8 Å². The molecule has 4 rings (SSSR count). The van der Waals surface area contributed by atoms with E-state index < -0.39 is 0 Å². The van der Waals surface area contributed by atoms with E-state index in [1.807, 2.05) is 13.0 Å². The van der Waals surface area contributed by atoms with Crippen molar-refractivity contribution in [1.29, 1.82) is 0 Å². The van der Waals surface area contributed by atoms with Gasteiger partial charge >= 0.3 is 0 Å². The van der Waals surface area contributed by atoms with Crippen LogP contribution in [0, 0.1) is 0 Å². The molecule has 0 atom stereocenters. The van der Waals surface area contributed by atoms with Gasteiger partial charge in [-0.05, 0) is 38.0 Å². The van der Waals surface area contributed by atoms with Crippen LogP contribution in [0.3, 0.4) is 0 Å². The molecule has 0 spiro atoms. The van der Waals surface area contributed by atoms with Crippen molar-refractivity contribution in [2.45, 2.75) is 38.5 Å². The van der Waals surface area contributed by atoms with E-state index in [-0.39, 0.29) is 5.75 Å². The quantitative estimate of drug-likeness (QED) is 0.672. The lowest BCUT2D eigenvalue weighted by Gasteiger charge is -2.09. The number of aromatic amines is 1. The summed E-state index contributed by atoms with van der Waals surface area (Å²) in [4.78, 5) is 9.14. The summed E-state index contributed by atoms with van der Waals surface area (Å²) < 4.78 is 5.37. The van der Waals surface area contributed by atoms with Crippen molar-refractivity contribution in [2.75, 3.05) is 12.3 Å². The van der Waals surface area contributed by atoms with Gasteiger partial charge in [-0.2, -0.15) is 5.10 Å². The van der Waals surface area contributed by atoms with E-state index in [0.29, 0.717) is 40.8 Å². The zero-order chi connectivity index (χ0) is 17.4. The number of H-pyrrole nitrogens is 1. The molecule has 4 N–H and O–H groups in total. The first-order chi connectivity index (χ1) is 12.2. The number of hydrogen-bond donors (Lipinski definition) is 3. The van der Waals surface area contributed by atoms with E-state index in [2.05, 4.69) is 20.2 Å². The number of hydrogen-bond acceptors (Lipinski definition) is 6. The van der Waals surface area contributed by atoms with Gasteiger partial charge in [-0.3, -0.25) is 5.10 Å². The van der Waals surface area contributed by atoms with Crippen LogP contribution >= 0.6 is 0 Å². The fourth-order valence-corrected chi connectivity index (χ4v) is 3.49. The van der Waals surface area contributed by atoms with Gasteiger partial charge in [-0.25, -0.2) is 9.97 Å². The van der Waals surface area contributed by atoms with Crippen LogP contribution in [-0.4, -0.2) is 31.9 Å². The summed E-state index contributed by atoms with van der Waals surface area (Å²) in [6.07, 6.45) is 4.64. The fraction of sp³-hybridized carbons (Fsp3) is 0.389. The lowest BCUT2D eigenvalue weighted by Crippen LogP contribution is -2.04. The number of rotatable bonds is 4. The zero-order valence-electron chi connectivity index (χ0n) is 14.1. The normalized spacial score (nSPS) is 15.1.